The molecule has 0 saturated heterocycles. The van der Waals surface area contributed by atoms with Crippen LogP contribution in [0.3, 0.4) is 0 Å². The molecule has 0 bridgehead atoms. The van der Waals surface area contributed by atoms with Gasteiger partial charge in [-0.2, -0.15) is 0 Å². The average molecular weight is 223 g/mol. The number of benzene rings is 1. The number of fused-ring (bicyclic) bond motifs is 1. The van der Waals surface area contributed by atoms with E-state index < -0.39 is 0 Å². The predicted molar refractivity (Wildman–Crippen MR) is 60.6 cm³/mol. The Morgan fingerprint density at radius 1 is 1.33 bits per heavy atom. The third-order valence-corrected chi connectivity index (χ3v) is 2.64. The van der Waals surface area contributed by atoms with Crippen LogP contribution in [0.5, 0.6) is 0 Å². The van der Waals surface area contributed by atoms with Gasteiger partial charge in [-0.05, 0) is 25.0 Å². The molecule has 1 heterocycles. The molecule has 15 heavy (non-hydrogen) atoms. The van der Waals surface area contributed by atoms with Crippen LogP contribution in [-0.4, -0.2) is 15.8 Å². The van der Waals surface area contributed by atoms with Crippen molar-refractivity contribution in [1.82, 2.24) is 9.55 Å². The molecule has 0 unspecified atom stereocenters. The maximum atomic E-state index is 10.8. The Morgan fingerprint density at radius 3 is 2.73 bits per heavy atom. The minimum Gasteiger partial charge on any atom is -0.319 e. The summed E-state index contributed by atoms with van der Waals surface area (Å²) in [6, 6.07) is 8.40. The first-order valence-electron chi connectivity index (χ1n) is 4.82. The van der Waals surface area contributed by atoms with E-state index in [2.05, 4.69) is 9.55 Å². The summed E-state index contributed by atoms with van der Waals surface area (Å²) in [5.74, 6) is 0.564. The molecule has 0 N–H and O–H groups in total. The Morgan fingerprint density at radius 2 is 2.07 bits per heavy atom. The molecule has 0 radical (unpaired) electrons. The molecule has 4 heteroatoms. The fourth-order valence-corrected chi connectivity index (χ4v) is 1.86. The van der Waals surface area contributed by atoms with E-state index in [1.54, 1.807) is 0 Å². The van der Waals surface area contributed by atoms with Crippen LogP contribution in [0.15, 0.2) is 24.3 Å². The van der Waals surface area contributed by atoms with Gasteiger partial charge < -0.3 is 4.57 Å². The SMILES string of the molecule is Cl.O=Cc1nc2ccccc2n1C1CC1. The van der Waals surface area contributed by atoms with Gasteiger partial charge in [0.25, 0.3) is 0 Å². The van der Waals surface area contributed by atoms with Crippen molar-refractivity contribution >= 4 is 29.7 Å². The number of rotatable bonds is 2. The normalized spacial score (nSPS) is 14.9. The minimum atomic E-state index is 0. The second-order valence-electron chi connectivity index (χ2n) is 3.68. The minimum absolute atomic E-state index is 0. The monoisotopic (exact) mass is 222 g/mol. The van der Waals surface area contributed by atoms with Gasteiger partial charge in [-0.3, -0.25) is 4.79 Å². The van der Waals surface area contributed by atoms with Gasteiger partial charge in [0, 0.05) is 6.04 Å². The first-order valence-corrected chi connectivity index (χ1v) is 4.82. The standard InChI is InChI=1S/C11H10N2O.ClH/c14-7-11-12-9-3-1-2-4-10(9)13(11)8-5-6-8;/h1-4,7-8H,5-6H2;1H. The van der Waals surface area contributed by atoms with Crippen molar-refractivity contribution in [3.8, 4) is 0 Å². The number of imidazole rings is 1. The Hall–Kier alpha value is -1.35. The molecule has 1 aromatic heterocycles. The van der Waals surface area contributed by atoms with Gasteiger partial charge in [-0.25, -0.2) is 4.98 Å². The summed E-state index contributed by atoms with van der Waals surface area (Å²) >= 11 is 0. The van der Waals surface area contributed by atoms with Gasteiger partial charge in [0.2, 0.25) is 0 Å². The molecule has 0 amide bonds. The summed E-state index contributed by atoms with van der Waals surface area (Å²) in [6.45, 7) is 0. The molecule has 0 spiro atoms. The highest BCUT2D eigenvalue weighted by Gasteiger charge is 2.27. The van der Waals surface area contributed by atoms with Gasteiger partial charge in [-0.15, -0.1) is 12.4 Å². The van der Waals surface area contributed by atoms with Crippen LogP contribution in [0.25, 0.3) is 11.0 Å². The smallest absolute Gasteiger partial charge is 0.185 e. The average Bonchev–Trinajstić information content (AvgIpc) is 2.98. The van der Waals surface area contributed by atoms with Crippen LogP contribution in [0.2, 0.25) is 0 Å². The molecule has 1 aliphatic rings. The third kappa shape index (κ3) is 1.53. The topological polar surface area (TPSA) is 34.9 Å². The highest BCUT2D eigenvalue weighted by atomic mass is 35.5. The van der Waals surface area contributed by atoms with Crippen LogP contribution >= 0.6 is 12.4 Å². The fourth-order valence-electron chi connectivity index (χ4n) is 1.86. The van der Waals surface area contributed by atoms with Gasteiger partial charge in [0.1, 0.15) is 0 Å². The van der Waals surface area contributed by atoms with Crippen molar-refractivity contribution in [2.24, 2.45) is 0 Å². The van der Waals surface area contributed by atoms with Crippen LogP contribution < -0.4 is 0 Å². The number of aldehydes is 1. The number of nitrogens with zero attached hydrogens (tertiary/aromatic N) is 2. The molecule has 78 valence electrons. The Balaban J connectivity index is 0.000000853. The first-order chi connectivity index (χ1) is 6.90. The van der Waals surface area contributed by atoms with Crippen LogP contribution in [0, 0.1) is 0 Å². The van der Waals surface area contributed by atoms with E-state index in [1.165, 1.54) is 12.8 Å². The largest absolute Gasteiger partial charge is 0.319 e. The third-order valence-electron chi connectivity index (χ3n) is 2.64. The van der Waals surface area contributed by atoms with Crippen LogP contribution in [0.4, 0.5) is 0 Å². The van der Waals surface area contributed by atoms with E-state index in [0.717, 1.165) is 17.3 Å². The summed E-state index contributed by atoms with van der Waals surface area (Å²) < 4.78 is 2.06. The molecule has 1 saturated carbocycles. The molecule has 0 aliphatic heterocycles. The molecule has 3 rings (SSSR count). The lowest BCUT2D eigenvalue weighted by Crippen LogP contribution is -1.99. The predicted octanol–water partition coefficient (Wildman–Crippen LogP) is 2.61. The number of aromatic nitrogens is 2. The second-order valence-corrected chi connectivity index (χ2v) is 3.68. The maximum Gasteiger partial charge on any atom is 0.185 e. The highest BCUT2D eigenvalue weighted by molar-refractivity contribution is 5.85. The maximum absolute atomic E-state index is 10.8. The van der Waals surface area contributed by atoms with E-state index in [0.29, 0.717) is 11.9 Å². The number of carbonyl (C=O) groups excluding carboxylic acids is 1. The molecule has 2 aromatic rings. The van der Waals surface area contributed by atoms with E-state index in [9.17, 15) is 4.79 Å². The highest BCUT2D eigenvalue weighted by Crippen LogP contribution is 2.38. The zero-order chi connectivity index (χ0) is 9.54. The van der Waals surface area contributed by atoms with E-state index in [4.69, 9.17) is 0 Å². The number of para-hydroxylation sites is 2. The van der Waals surface area contributed by atoms with Gasteiger partial charge in [0.05, 0.1) is 11.0 Å². The Bertz CT molecular complexity index is 502. The van der Waals surface area contributed by atoms with Crippen LogP contribution in [-0.2, 0) is 0 Å². The zero-order valence-electron chi connectivity index (χ0n) is 8.09. The van der Waals surface area contributed by atoms with Crippen molar-refractivity contribution in [3.05, 3.63) is 30.1 Å². The zero-order valence-corrected chi connectivity index (χ0v) is 8.91. The van der Waals surface area contributed by atoms with Gasteiger partial charge in [-0.1, -0.05) is 12.1 Å². The molecular formula is C11H11ClN2O. The van der Waals surface area contributed by atoms with Crippen molar-refractivity contribution in [2.45, 2.75) is 18.9 Å². The van der Waals surface area contributed by atoms with Gasteiger partial charge in [0.15, 0.2) is 12.1 Å². The van der Waals surface area contributed by atoms with Crippen molar-refractivity contribution in [1.29, 1.82) is 0 Å². The van der Waals surface area contributed by atoms with Gasteiger partial charge >= 0.3 is 0 Å². The lowest BCUT2D eigenvalue weighted by atomic mass is 10.3. The van der Waals surface area contributed by atoms with Crippen LogP contribution in [0.1, 0.15) is 29.5 Å². The molecular weight excluding hydrogens is 212 g/mol. The number of hydrogen-bond acceptors (Lipinski definition) is 2. The summed E-state index contributed by atoms with van der Waals surface area (Å²) in [4.78, 5) is 15.1. The Kier molecular flexibility index (Phi) is 2.49. The van der Waals surface area contributed by atoms with Crippen molar-refractivity contribution in [2.75, 3.05) is 0 Å². The van der Waals surface area contributed by atoms with E-state index >= 15 is 0 Å². The number of carbonyl (C=O) groups is 1. The summed E-state index contributed by atoms with van der Waals surface area (Å²) in [7, 11) is 0. The Labute approximate surface area is 93.5 Å². The molecule has 1 aliphatic carbocycles. The quantitative estimate of drug-likeness (QED) is 0.733. The number of halogens is 1. The summed E-state index contributed by atoms with van der Waals surface area (Å²) in [5.41, 5.74) is 2.00. The van der Waals surface area contributed by atoms with Crippen molar-refractivity contribution in [3.63, 3.8) is 0 Å². The van der Waals surface area contributed by atoms with Crippen molar-refractivity contribution < 1.29 is 4.79 Å². The lowest BCUT2D eigenvalue weighted by Gasteiger charge is -2.01. The van der Waals surface area contributed by atoms with E-state index in [1.807, 2.05) is 24.3 Å². The second kappa shape index (κ2) is 3.66. The first kappa shape index (κ1) is 10.2. The molecule has 1 fully saturated rings. The molecule has 0 atom stereocenters. The summed E-state index contributed by atoms with van der Waals surface area (Å²) in [6.07, 6.45) is 3.18. The summed E-state index contributed by atoms with van der Waals surface area (Å²) in [5, 5.41) is 0. The molecule has 3 nitrogen and oxygen atoms in total. The van der Waals surface area contributed by atoms with E-state index in [-0.39, 0.29) is 12.4 Å². The number of hydrogen-bond donors (Lipinski definition) is 0. The molecule has 1 aromatic carbocycles. The lowest BCUT2D eigenvalue weighted by molar-refractivity contribution is 0.111. The fraction of sp³-hybridized carbons (Fsp3) is 0.273.